The average Bonchev–Trinajstić information content (AvgIpc) is 3.34. The number of imidazole rings is 1. The van der Waals surface area contributed by atoms with Gasteiger partial charge in [0.05, 0.1) is 0 Å². The molecule has 0 amide bonds. The molecule has 5 aromatic rings. The second-order valence-electron chi connectivity index (χ2n) is 14.9. The quantitative estimate of drug-likeness (QED) is 0.170. The molecular formula is C41H44N4OPt-2. The van der Waals surface area contributed by atoms with Crippen molar-refractivity contribution in [2.45, 2.75) is 95.4 Å². The maximum absolute atomic E-state index is 6.66. The molecule has 8 rings (SSSR count). The average molecular weight is 804 g/mol. The van der Waals surface area contributed by atoms with Crippen LogP contribution in [0.3, 0.4) is 0 Å². The van der Waals surface area contributed by atoms with Gasteiger partial charge in [-0.2, -0.15) is 0 Å². The van der Waals surface area contributed by atoms with Crippen LogP contribution >= 0.6 is 0 Å². The summed E-state index contributed by atoms with van der Waals surface area (Å²) < 4.78 is 12.2. The van der Waals surface area contributed by atoms with E-state index in [2.05, 4.69) is 134 Å². The van der Waals surface area contributed by atoms with Crippen LogP contribution in [0.4, 0.5) is 11.5 Å². The van der Waals surface area contributed by atoms with E-state index in [0.29, 0.717) is 17.6 Å². The Morgan fingerprint density at radius 3 is 2.43 bits per heavy atom. The van der Waals surface area contributed by atoms with E-state index < -0.39 is 0 Å². The van der Waals surface area contributed by atoms with E-state index in [0.717, 1.165) is 26.6 Å². The molecule has 2 aromatic heterocycles. The summed E-state index contributed by atoms with van der Waals surface area (Å²) in [6.45, 7) is 6.89. The van der Waals surface area contributed by atoms with Crippen LogP contribution in [0.1, 0.15) is 95.6 Å². The first-order valence-electron chi connectivity index (χ1n) is 17.4. The molecule has 2 unspecified atom stereocenters. The molecular weight excluding hydrogens is 760 g/mol. The molecule has 2 aliphatic carbocycles. The van der Waals surface area contributed by atoms with Gasteiger partial charge in [0.15, 0.2) is 0 Å². The number of benzene rings is 3. The van der Waals surface area contributed by atoms with Gasteiger partial charge >= 0.3 is 209 Å². The van der Waals surface area contributed by atoms with Gasteiger partial charge in [-0.25, -0.2) is 0 Å². The molecule has 0 N–H and O–H groups in total. The topological polar surface area (TPSA) is 35.2 Å². The molecule has 47 heavy (non-hydrogen) atoms. The van der Waals surface area contributed by atoms with Crippen LogP contribution in [0.5, 0.6) is 11.5 Å². The van der Waals surface area contributed by atoms with Gasteiger partial charge in [-0.3, -0.25) is 0 Å². The molecule has 2 fully saturated rings. The van der Waals surface area contributed by atoms with Crippen LogP contribution < -0.4 is 9.64 Å². The number of aryl methyl sites for hydroxylation is 1. The molecule has 3 aromatic carbocycles. The van der Waals surface area contributed by atoms with E-state index in [1.54, 1.807) is 0 Å². The first-order valence-corrected chi connectivity index (χ1v) is 18.5. The predicted molar refractivity (Wildman–Crippen MR) is 185 cm³/mol. The van der Waals surface area contributed by atoms with Gasteiger partial charge in [-0.05, 0) is 23.5 Å². The van der Waals surface area contributed by atoms with Crippen molar-refractivity contribution in [3.8, 4) is 17.2 Å². The molecule has 3 heterocycles. The first-order chi connectivity index (χ1) is 22.7. The van der Waals surface area contributed by atoms with Gasteiger partial charge in [-0.15, -0.1) is 0 Å². The summed E-state index contributed by atoms with van der Waals surface area (Å²) in [4.78, 5) is 7.75. The van der Waals surface area contributed by atoms with Crippen molar-refractivity contribution in [3.05, 3.63) is 100.0 Å². The molecule has 1 spiro atoms. The van der Waals surface area contributed by atoms with E-state index in [-0.39, 0.29) is 11.0 Å². The van der Waals surface area contributed by atoms with Crippen LogP contribution in [0.25, 0.3) is 16.7 Å². The van der Waals surface area contributed by atoms with Gasteiger partial charge in [0.1, 0.15) is 0 Å². The van der Waals surface area contributed by atoms with Crippen LogP contribution in [0.15, 0.2) is 72.9 Å². The normalized spacial score (nSPS) is 20.7. The van der Waals surface area contributed by atoms with Gasteiger partial charge < -0.3 is 0 Å². The van der Waals surface area contributed by atoms with Gasteiger partial charge in [0.2, 0.25) is 0 Å². The fourth-order valence-corrected chi connectivity index (χ4v) is 9.72. The van der Waals surface area contributed by atoms with E-state index in [1.165, 1.54) is 80.1 Å². The number of pyridine rings is 1. The predicted octanol–water partition coefficient (Wildman–Crippen LogP) is 10.3. The summed E-state index contributed by atoms with van der Waals surface area (Å²) in [5.41, 5.74) is 7.29. The molecule has 5 nitrogen and oxygen atoms in total. The number of fused-ring (bicyclic) bond motifs is 5. The minimum absolute atomic E-state index is 0.0406. The van der Waals surface area contributed by atoms with Crippen molar-refractivity contribution in [1.29, 1.82) is 0 Å². The van der Waals surface area contributed by atoms with Crippen LogP contribution in [0, 0.1) is 21.9 Å². The van der Waals surface area contributed by atoms with Gasteiger partial charge in [0, 0.05) is 6.20 Å². The Labute approximate surface area is 290 Å². The number of rotatable bonds is 4. The third-order valence-electron chi connectivity index (χ3n) is 11.1. The molecule has 6 heteroatoms. The third-order valence-corrected chi connectivity index (χ3v) is 12.4. The molecule has 0 bridgehead atoms. The molecule has 0 saturated heterocycles. The zero-order chi connectivity index (χ0) is 32.3. The van der Waals surface area contributed by atoms with Crippen molar-refractivity contribution in [1.82, 2.24) is 14.1 Å². The number of aromatic nitrogens is 3. The summed E-state index contributed by atoms with van der Waals surface area (Å²) in [7, 11) is 2.11. The standard InChI is InChI=1S/C41H44N4O.Pt/c1-40(2,3)29-21-24-42-39(25-29)45-38-27-32(19-20-34(38)33-15-6-7-16-35(33)41(45)22-10-5-11-23-41)46-31-14-12-13-30(26-31)44-28-43(4)36-17-8-9-18-37(36)44;/h8-9,12-14,17-21,24-25,33,35H,5-7,10-11,15-16,22-23H2,1-4H3;/q-2;. The zero-order valence-corrected chi connectivity index (χ0v) is 30.2. The van der Waals surface area contributed by atoms with Crippen molar-refractivity contribution in [3.63, 3.8) is 0 Å². The molecule has 3 aliphatic rings. The molecule has 246 valence electrons. The Morgan fingerprint density at radius 2 is 1.62 bits per heavy atom. The monoisotopic (exact) mass is 803 g/mol. The third kappa shape index (κ3) is 5.25. The van der Waals surface area contributed by atoms with Crippen LogP contribution in [0.2, 0.25) is 0 Å². The fourth-order valence-electron chi connectivity index (χ4n) is 8.90. The summed E-state index contributed by atoms with van der Waals surface area (Å²) >= 11 is 2.40. The van der Waals surface area contributed by atoms with Crippen molar-refractivity contribution in [2.24, 2.45) is 13.0 Å². The van der Waals surface area contributed by atoms with E-state index in [4.69, 9.17) is 9.72 Å². The molecule has 0 radical (unpaired) electrons. The molecule has 1 aliphatic heterocycles. The van der Waals surface area contributed by atoms with E-state index >= 15 is 0 Å². The number of ether oxygens (including phenoxy) is 1. The van der Waals surface area contributed by atoms with Gasteiger partial charge in [0.25, 0.3) is 0 Å². The molecule has 2 saturated carbocycles. The SMILES string of the molecule is Cn1[c](=[Pt])n(-c2[c-]c(Oc3[c-]c4c(cc3)C3CCCCC3C3(CCCCC3)N4c3cc(C(C)(C)C)ccn3)ccc2)c2ccccc21. The Morgan fingerprint density at radius 1 is 0.851 bits per heavy atom. The Balaban J connectivity index is 1.24. The zero-order valence-electron chi connectivity index (χ0n) is 28.0. The summed E-state index contributed by atoms with van der Waals surface area (Å²) in [6.07, 6.45) is 13.5. The minimum atomic E-state index is 0.0406. The fraction of sp³-hybridized carbons (Fsp3) is 0.415. The van der Waals surface area contributed by atoms with Crippen molar-refractivity contribution in [2.75, 3.05) is 4.90 Å². The van der Waals surface area contributed by atoms with E-state index in [9.17, 15) is 0 Å². The van der Waals surface area contributed by atoms with Crippen molar-refractivity contribution < 1.29 is 24.1 Å². The number of hydrogen-bond acceptors (Lipinski definition) is 3. The van der Waals surface area contributed by atoms with Crippen molar-refractivity contribution >= 4 is 22.5 Å². The second-order valence-corrected chi connectivity index (χ2v) is 15.9. The summed E-state index contributed by atoms with van der Waals surface area (Å²) in [5, 5.41) is 0. The second kappa shape index (κ2) is 11.9. The number of anilines is 2. The molecule has 2 atom stereocenters. The number of para-hydroxylation sites is 2. The Hall–Kier alpha value is -3.43. The first kappa shape index (κ1) is 30.9. The van der Waals surface area contributed by atoms with Gasteiger partial charge in [-0.1, -0.05) is 52.9 Å². The van der Waals surface area contributed by atoms with Crippen LogP contribution in [-0.2, 0) is 31.8 Å². The number of nitrogens with zero attached hydrogens (tertiary/aromatic N) is 4. The van der Waals surface area contributed by atoms with E-state index in [1.807, 2.05) is 12.3 Å². The Kier molecular flexibility index (Phi) is 7.83. The maximum atomic E-state index is 6.66. The van der Waals surface area contributed by atoms with Crippen LogP contribution in [-0.4, -0.2) is 19.7 Å². The Bertz CT molecular complexity index is 2010. The number of hydrogen-bond donors (Lipinski definition) is 0. The summed E-state index contributed by atoms with van der Waals surface area (Å²) in [5.74, 6) is 3.67. The summed E-state index contributed by atoms with van der Waals surface area (Å²) in [6, 6.07) is 31.1.